The van der Waals surface area contributed by atoms with Crippen LogP contribution in [0.5, 0.6) is 0 Å². The molecule has 0 aliphatic carbocycles. The van der Waals surface area contributed by atoms with Crippen LogP contribution in [0.25, 0.3) is 0 Å². The molecule has 0 saturated heterocycles. The SMILES string of the molecule is CC(C)c1ccc(CC(N)CN(C)C)cc1. The molecule has 1 atom stereocenters. The highest BCUT2D eigenvalue weighted by atomic mass is 15.1. The van der Waals surface area contributed by atoms with Crippen LogP contribution in [0.1, 0.15) is 30.9 Å². The van der Waals surface area contributed by atoms with Crippen molar-refractivity contribution in [2.75, 3.05) is 20.6 Å². The highest BCUT2D eigenvalue weighted by molar-refractivity contribution is 5.25. The summed E-state index contributed by atoms with van der Waals surface area (Å²) in [5.74, 6) is 0.601. The first-order valence-corrected chi connectivity index (χ1v) is 5.98. The Balaban J connectivity index is 2.55. The highest BCUT2D eigenvalue weighted by Crippen LogP contribution is 2.15. The van der Waals surface area contributed by atoms with Gasteiger partial charge in [0.2, 0.25) is 0 Å². The van der Waals surface area contributed by atoms with Crippen molar-refractivity contribution >= 4 is 0 Å². The van der Waals surface area contributed by atoms with E-state index in [0.717, 1.165) is 13.0 Å². The van der Waals surface area contributed by atoms with E-state index in [9.17, 15) is 0 Å². The molecule has 16 heavy (non-hydrogen) atoms. The largest absolute Gasteiger partial charge is 0.326 e. The molecule has 0 spiro atoms. The molecule has 0 saturated carbocycles. The molecule has 0 heterocycles. The van der Waals surface area contributed by atoms with E-state index in [1.54, 1.807) is 0 Å². The standard InChI is InChI=1S/C14H24N2/c1-11(2)13-7-5-12(6-8-13)9-14(15)10-16(3)4/h5-8,11,14H,9-10,15H2,1-4H3. The Labute approximate surface area is 99.5 Å². The van der Waals surface area contributed by atoms with Crippen LogP contribution < -0.4 is 5.73 Å². The molecule has 2 nitrogen and oxygen atoms in total. The van der Waals surface area contributed by atoms with Crippen LogP contribution in [0.3, 0.4) is 0 Å². The molecule has 1 aromatic rings. The summed E-state index contributed by atoms with van der Waals surface area (Å²) in [4.78, 5) is 2.13. The fourth-order valence-corrected chi connectivity index (χ4v) is 1.87. The second kappa shape index (κ2) is 6.02. The zero-order chi connectivity index (χ0) is 12.1. The van der Waals surface area contributed by atoms with Crippen molar-refractivity contribution in [1.29, 1.82) is 0 Å². The fourth-order valence-electron chi connectivity index (χ4n) is 1.87. The summed E-state index contributed by atoms with van der Waals surface area (Å²) in [6, 6.07) is 9.04. The third-order valence-electron chi connectivity index (χ3n) is 2.74. The van der Waals surface area contributed by atoms with Crippen LogP contribution in [-0.2, 0) is 6.42 Å². The van der Waals surface area contributed by atoms with Crippen LogP contribution in [0.4, 0.5) is 0 Å². The normalized spacial score (nSPS) is 13.4. The van der Waals surface area contributed by atoms with Crippen LogP contribution in [0.2, 0.25) is 0 Å². The lowest BCUT2D eigenvalue weighted by Crippen LogP contribution is -2.34. The average Bonchev–Trinajstić information content (AvgIpc) is 2.16. The van der Waals surface area contributed by atoms with Gasteiger partial charge in [0, 0.05) is 12.6 Å². The van der Waals surface area contributed by atoms with E-state index in [4.69, 9.17) is 5.73 Å². The van der Waals surface area contributed by atoms with Crippen molar-refractivity contribution < 1.29 is 0 Å². The van der Waals surface area contributed by atoms with Gasteiger partial charge >= 0.3 is 0 Å². The van der Waals surface area contributed by atoms with Crippen LogP contribution in [0, 0.1) is 0 Å². The van der Waals surface area contributed by atoms with Gasteiger partial charge in [-0.2, -0.15) is 0 Å². The van der Waals surface area contributed by atoms with Crippen molar-refractivity contribution in [3.8, 4) is 0 Å². The van der Waals surface area contributed by atoms with Gasteiger partial charge in [-0.25, -0.2) is 0 Å². The maximum absolute atomic E-state index is 6.06. The van der Waals surface area contributed by atoms with Gasteiger partial charge in [0.05, 0.1) is 0 Å². The zero-order valence-corrected chi connectivity index (χ0v) is 10.9. The van der Waals surface area contributed by atoms with E-state index in [0.29, 0.717) is 5.92 Å². The van der Waals surface area contributed by atoms with Crippen LogP contribution in [-0.4, -0.2) is 31.6 Å². The Morgan fingerprint density at radius 1 is 1.12 bits per heavy atom. The second-order valence-corrected chi connectivity index (χ2v) is 5.12. The van der Waals surface area contributed by atoms with Gasteiger partial charge < -0.3 is 10.6 Å². The summed E-state index contributed by atoms with van der Waals surface area (Å²) >= 11 is 0. The third kappa shape index (κ3) is 4.33. The minimum atomic E-state index is 0.222. The molecule has 0 aliphatic rings. The summed E-state index contributed by atoms with van der Waals surface area (Å²) < 4.78 is 0. The lowest BCUT2D eigenvalue weighted by atomic mass is 9.99. The Bertz CT molecular complexity index is 301. The van der Waals surface area contributed by atoms with E-state index in [2.05, 4.69) is 57.1 Å². The van der Waals surface area contributed by atoms with Crippen molar-refractivity contribution in [3.05, 3.63) is 35.4 Å². The van der Waals surface area contributed by atoms with E-state index >= 15 is 0 Å². The summed E-state index contributed by atoms with van der Waals surface area (Å²) in [6.45, 7) is 5.37. The monoisotopic (exact) mass is 220 g/mol. The predicted octanol–water partition coefficient (Wildman–Crippen LogP) is 2.24. The first kappa shape index (κ1) is 13.2. The van der Waals surface area contributed by atoms with Gasteiger partial charge in [-0.1, -0.05) is 38.1 Å². The number of likely N-dealkylation sites (N-methyl/N-ethyl adjacent to an activating group) is 1. The maximum Gasteiger partial charge on any atom is 0.0208 e. The van der Waals surface area contributed by atoms with Crippen molar-refractivity contribution in [2.45, 2.75) is 32.2 Å². The number of hydrogen-bond donors (Lipinski definition) is 1. The van der Waals surface area contributed by atoms with Crippen LogP contribution >= 0.6 is 0 Å². The number of nitrogens with two attached hydrogens (primary N) is 1. The molecule has 0 bridgehead atoms. The van der Waals surface area contributed by atoms with E-state index in [1.807, 2.05) is 0 Å². The van der Waals surface area contributed by atoms with Crippen molar-refractivity contribution in [3.63, 3.8) is 0 Å². The van der Waals surface area contributed by atoms with Gasteiger partial charge in [0.1, 0.15) is 0 Å². The molecule has 1 aromatic carbocycles. The summed E-state index contributed by atoms with van der Waals surface area (Å²) in [6.07, 6.45) is 0.955. The molecular formula is C14H24N2. The van der Waals surface area contributed by atoms with Gasteiger partial charge in [0.15, 0.2) is 0 Å². The lowest BCUT2D eigenvalue weighted by molar-refractivity contribution is 0.371. The first-order chi connectivity index (χ1) is 7.49. The first-order valence-electron chi connectivity index (χ1n) is 5.98. The lowest BCUT2D eigenvalue weighted by Gasteiger charge is -2.17. The quantitative estimate of drug-likeness (QED) is 0.824. The smallest absolute Gasteiger partial charge is 0.0208 e. The topological polar surface area (TPSA) is 29.3 Å². The van der Waals surface area contributed by atoms with Gasteiger partial charge in [-0.3, -0.25) is 0 Å². The molecule has 0 aliphatic heterocycles. The van der Waals surface area contributed by atoms with E-state index < -0.39 is 0 Å². The molecule has 1 rings (SSSR count). The number of hydrogen-bond acceptors (Lipinski definition) is 2. The molecule has 0 aromatic heterocycles. The molecule has 0 radical (unpaired) electrons. The molecule has 2 N–H and O–H groups in total. The van der Waals surface area contributed by atoms with Crippen molar-refractivity contribution in [1.82, 2.24) is 4.90 Å². The number of benzene rings is 1. The predicted molar refractivity (Wildman–Crippen MR) is 70.8 cm³/mol. The molecule has 0 fully saturated rings. The van der Waals surface area contributed by atoms with Crippen molar-refractivity contribution in [2.24, 2.45) is 5.73 Å². The highest BCUT2D eigenvalue weighted by Gasteiger charge is 2.05. The van der Waals surface area contributed by atoms with Gasteiger partial charge in [-0.15, -0.1) is 0 Å². The Kier molecular flexibility index (Phi) is 4.97. The van der Waals surface area contributed by atoms with E-state index in [1.165, 1.54) is 11.1 Å². The Morgan fingerprint density at radius 2 is 1.69 bits per heavy atom. The number of nitrogens with zero attached hydrogens (tertiary/aromatic N) is 1. The maximum atomic E-state index is 6.06. The minimum Gasteiger partial charge on any atom is -0.326 e. The Morgan fingerprint density at radius 3 is 2.12 bits per heavy atom. The molecule has 1 unspecified atom stereocenters. The van der Waals surface area contributed by atoms with Gasteiger partial charge in [0.25, 0.3) is 0 Å². The number of rotatable bonds is 5. The molecule has 90 valence electrons. The van der Waals surface area contributed by atoms with Crippen LogP contribution in [0.15, 0.2) is 24.3 Å². The van der Waals surface area contributed by atoms with Gasteiger partial charge in [-0.05, 0) is 37.6 Å². The summed E-state index contributed by atoms with van der Waals surface area (Å²) in [7, 11) is 4.11. The minimum absolute atomic E-state index is 0.222. The summed E-state index contributed by atoms with van der Waals surface area (Å²) in [5, 5.41) is 0. The molecule has 2 heteroatoms. The zero-order valence-electron chi connectivity index (χ0n) is 10.9. The third-order valence-corrected chi connectivity index (χ3v) is 2.74. The Hall–Kier alpha value is -0.860. The summed E-state index contributed by atoms with van der Waals surface area (Å²) in [5.41, 5.74) is 8.79. The van der Waals surface area contributed by atoms with E-state index in [-0.39, 0.29) is 6.04 Å². The second-order valence-electron chi connectivity index (χ2n) is 5.12. The molecule has 0 amide bonds. The molecular weight excluding hydrogens is 196 g/mol. The average molecular weight is 220 g/mol. The fraction of sp³-hybridized carbons (Fsp3) is 0.571.